The zero-order chi connectivity index (χ0) is 11.5. The van der Waals surface area contributed by atoms with Crippen LogP contribution in [0.1, 0.15) is 0 Å². The molecular weight excluding hydrogens is 211 g/mol. The fourth-order valence-corrected chi connectivity index (χ4v) is 1.19. The average Bonchev–Trinajstić information content (AvgIpc) is 2.24. The number of hydrogen-bond donors (Lipinski definition) is 3. The summed E-state index contributed by atoms with van der Waals surface area (Å²) in [6.45, 7) is 0. The maximum Gasteiger partial charge on any atom is 0.222 e. The highest BCUT2D eigenvalue weighted by atomic mass is 19.1. The summed E-state index contributed by atoms with van der Waals surface area (Å²) in [6.07, 6.45) is 0.980. The van der Waals surface area contributed by atoms with Crippen LogP contribution in [0.25, 0.3) is 0 Å². The molecule has 0 atom stereocenters. The van der Waals surface area contributed by atoms with Gasteiger partial charge in [0.1, 0.15) is 5.75 Å². The van der Waals surface area contributed by atoms with Crippen LogP contribution in [-0.4, -0.2) is 15.1 Å². The molecule has 0 radical (unpaired) electrons. The van der Waals surface area contributed by atoms with E-state index in [1.54, 1.807) is 12.1 Å². The number of phenols is 1. The van der Waals surface area contributed by atoms with E-state index in [1.165, 1.54) is 12.1 Å². The summed E-state index contributed by atoms with van der Waals surface area (Å²) in [4.78, 5) is 7.20. The first-order valence-electron chi connectivity index (χ1n) is 4.49. The van der Waals surface area contributed by atoms with Crippen LogP contribution in [-0.2, 0) is 0 Å². The maximum atomic E-state index is 13.3. The molecule has 2 aromatic rings. The number of aromatic nitrogens is 2. The van der Waals surface area contributed by atoms with Gasteiger partial charge in [-0.15, -0.1) is 0 Å². The molecule has 0 aliphatic rings. The molecule has 0 bridgehead atoms. The van der Waals surface area contributed by atoms with Crippen molar-refractivity contribution in [3.8, 4) is 5.75 Å². The summed E-state index contributed by atoms with van der Waals surface area (Å²) < 4.78 is 13.3. The zero-order valence-corrected chi connectivity index (χ0v) is 8.18. The first kappa shape index (κ1) is 10.2. The highest BCUT2D eigenvalue weighted by molar-refractivity contribution is 5.58. The summed E-state index contributed by atoms with van der Waals surface area (Å²) in [5, 5.41) is 11.9. The number of phenolic OH excluding ortho intramolecular Hbond substituents is 1. The minimum absolute atomic E-state index is 0.0240. The molecule has 0 amide bonds. The van der Waals surface area contributed by atoms with Gasteiger partial charge in [-0.1, -0.05) is 6.07 Å². The van der Waals surface area contributed by atoms with E-state index in [0.717, 1.165) is 6.20 Å². The van der Waals surface area contributed by atoms with Gasteiger partial charge in [-0.2, -0.15) is 4.98 Å². The second-order valence-corrected chi connectivity index (χ2v) is 3.10. The Balaban J connectivity index is 2.30. The van der Waals surface area contributed by atoms with Crippen LogP contribution in [0.5, 0.6) is 5.75 Å². The van der Waals surface area contributed by atoms with Gasteiger partial charge < -0.3 is 16.2 Å². The number of nitrogens with one attached hydrogen (secondary N) is 1. The number of nitrogens with two attached hydrogens (primary N) is 1. The van der Waals surface area contributed by atoms with E-state index in [2.05, 4.69) is 15.3 Å². The molecule has 0 saturated carbocycles. The Morgan fingerprint density at radius 2 is 2.19 bits per heavy atom. The van der Waals surface area contributed by atoms with Gasteiger partial charge in [-0.25, -0.2) is 9.37 Å². The van der Waals surface area contributed by atoms with Crippen molar-refractivity contribution in [3.05, 3.63) is 36.3 Å². The number of halogens is 1. The van der Waals surface area contributed by atoms with Crippen molar-refractivity contribution in [1.29, 1.82) is 0 Å². The van der Waals surface area contributed by atoms with Crippen molar-refractivity contribution in [1.82, 2.24) is 9.97 Å². The standard InChI is InChI=1S/C10H9FN4O/c11-8-5-13-10(12)15-9(8)14-6-2-1-3-7(16)4-6/h1-5,16H,(H3,12,13,14,15). The van der Waals surface area contributed by atoms with Gasteiger partial charge in [0.2, 0.25) is 5.95 Å². The smallest absolute Gasteiger partial charge is 0.222 e. The summed E-state index contributed by atoms with van der Waals surface area (Å²) in [7, 11) is 0. The van der Waals surface area contributed by atoms with E-state index >= 15 is 0 Å². The normalized spacial score (nSPS) is 10.1. The zero-order valence-electron chi connectivity index (χ0n) is 8.18. The number of aromatic hydroxyl groups is 1. The van der Waals surface area contributed by atoms with Gasteiger partial charge in [0.15, 0.2) is 11.6 Å². The van der Waals surface area contributed by atoms with Gasteiger partial charge >= 0.3 is 0 Å². The second-order valence-electron chi connectivity index (χ2n) is 3.10. The number of nitrogens with zero attached hydrogens (tertiary/aromatic N) is 2. The van der Waals surface area contributed by atoms with Gasteiger partial charge in [-0.05, 0) is 12.1 Å². The van der Waals surface area contributed by atoms with E-state index in [4.69, 9.17) is 5.73 Å². The van der Waals surface area contributed by atoms with E-state index in [0.29, 0.717) is 5.69 Å². The summed E-state index contributed by atoms with van der Waals surface area (Å²) in [5.74, 6) is -0.591. The average molecular weight is 220 g/mol. The molecule has 4 N–H and O–H groups in total. The fraction of sp³-hybridized carbons (Fsp3) is 0. The number of rotatable bonds is 2. The second kappa shape index (κ2) is 4.01. The van der Waals surface area contributed by atoms with Crippen LogP contribution >= 0.6 is 0 Å². The largest absolute Gasteiger partial charge is 0.508 e. The third-order valence-electron chi connectivity index (χ3n) is 1.87. The van der Waals surface area contributed by atoms with Crippen molar-refractivity contribution in [3.63, 3.8) is 0 Å². The number of hydrogen-bond acceptors (Lipinski definition) is 5. The Morgan fingerprint density at radius 1 is 1.38 bits per heavy atom. The molecule has 5 nitrogen and oxygen atoms in total. The van der Waals surface area contributed by atoms with Gasteiger partial charge in [0.05, 0.1) is 6.20 Å². The molecule has 0 unspecified atom stereocenters. The van der Waals surface area contributed by atoms with Crippen LogP contribution < -0.4 is 11.1 Å². The molecule has 1 aromatic carbocycles. The monoisotopic (exact) mass is 220 g/mol. The van der Waals surface area contributed by atoms with E-state index < -0.39 is 5.82 Å². The van der Waals surface area contributed by atoms with Crippen molar-refractivity contribution in [2.45, 2.75) is 0 Å². The lowest BCUT2D eigenvalue weighted by Crippen LogP contribution is -2.02. The lowest BCUT2D eigenvalue weighted by molar-refractivity contribution is 0.475. The molecule has 2 rings (SSSR count). The number of nitrogen functional groups attached to an aromatic ring is 1. The Bertz CT molecular complexity index is 518. The number of benzene rings is 1. The Kier molecular flexibility index (Phi) is 2.55. The molecular formula is C10H9FN4O. The van der Waals surface area contributed by atoms with Crippen LogP contribution in [0.2, 0.25) is 0 Å². The summed E-state index contributed by atoms with van der Waals surface area (Å²) >= 11 is 0. The van der Waals surface area contributed by atoms with Crippen LogP contribution in [0.4, 0.5) is 21.8 Å². The van der Waals surface area contributed by atoms with E-state index in [-0.39, 0.29) is 17.5 Å². The molecule has 82 valence electrons. The predicted octanol–water partition coefficient (Wildman–Crippen LogP) is 1.65. The maximum absolute atomic E-state index is 13.3. The summed E-state index contributed by atoms with van der Waals surface area (Å²) in [5.41, 5.74) is 5.84. The topological polar surface area (TPSA) is 84.1 Å². The van der Waals surface area contributed by atoms with Gasteiger partial charge in [0, 0.05) is 11.8 Å². The SMILES string of the molecule is Nc1ncc(F)c(Nc2cccc(O)c2)n1. The number of anilines is 3. The fourth-order valence-electron chi connectivity index (χ4n) is 1.19. The Morgan fingerprint density at radius 3 is 2.94 bits per heavy atom. The molecule has 6 heteroatoms. The first-order chi connectivity index (χ1) is 7.65. The lowest BCUT2D eigenvalue weighted by atomic mass is 10.3. The predicted molar refractivity (Wildman–Crippen MR) is 57.8 cm³/mol. The minimum atomic E-state index is -0.613. The van der Waals surface area contributed by atoms with E-state index in [9.17, 15) is 9.50 Å². The minimum Gasteiger partial charge on any atom is -0.508 e. The summed E-state index contributed by atoms with van der Waals surface area (Å²) in [6, 6.07) is 6.24. The third-order valence-corrected chi connectivity index (χ3v) is 1.87. The molecule has 16 heavy (non-hydrogen) atoms. The van der Waals surface area contributed by atoms with E-state index in [1.807, 2.05) is 0 Å². The van der Waals surface area contributed by atoms with Gasteiger partial charge in [0.25, 0.3) is 0 Å². The highest BCUT2D eigenvalue weighted by Crippen LogP contribution is 2.21. The van der Waals surface area contributed by atoms with Crippen LogP contribution in [0.3, 0.4) is 0 Å². The molecule has 0 aliphatic carbocycles. The molecule has 1 heterocycles. The third kappa shape index (κ3) is 2.17. The Labute approximate surface area is 90.8 Å². The Hall–Kier alpha value is -2.37. The van der Waals surface area contributed by atoms with Crippen LogP contribution in [0, 0.1) is 5.82 Å². The van der Waals surface area contributed by atoms with Crippen molar-refractivity contribution in [2.24, 2.45) is 0 Å². The van der Waals surface area contributed by atoms with Crippen molar-refractivity contribution in [2.75, 3.05) is 11.1 Å². The molecule has 0 saturated heterocycles. The molecule has 0 aliphatic heterocycles. The van der Waals surface area contributed by atoms with Crippen molar-refractivity contribution >= 4 is 17.5 Å². The van der Waals surface area contributed by atoms with Gasteiger partial charge in [-0.3, -0.25) is 0 Å². The molecule has 0 fully saturated rings. The van der Waals surface area contributed by atoms with Crippen molar-refractivity contribution < 1.29 is 9.50 Å². The van der Waals surface area contributed by atoms with Crippen LogP contribution in [0.15, 0.2) is 30.5 Å². The quantitative estimate of drug-likeness (QED) is 0.716. The highest BCUT2D eigenvalue weighted by Gasteiger charge is 2.05. The molecule has 1 aromatic heterocycles. The first-order valence-corrected chi connectivity index (χ1v) is 4.49. The molecule has 0 spiro atoms. The lowest BCUT2D eigenvalue weighted by Gasteiger charge is -2.06.